The van der Waals surface area contributed by atoms with Crippen molar-refractivity contribution < 1.29 is 13.9 Å². The maximum absolute atomic E-state index is 11.6. The van der Waals surface area contributed by atoms with Gasteiger partial charge >= 0.3 is 5.97 Å². The van der Waals surface area contributed by atoms with E-state index in [1.807, 2.05) is 24.4 Å². The van der Waals surface area contributed by atoms with Gasteiger partial charge in [-0.1, -0.05) is 0 Å². The van der Waals surface area contributed by atoms with Crippen LogP contribution in [0.1, 0.15) is 30.5 Å². The van der Waals surface area contributed by atoms with Crippen molar-refractivity contribution in [2.24, 2.45) is 0 Å². The summed E-state index contributed by atoms with van der Waals surface area (Å²) in [4.78, 5) is 16.0. The van der Waals surface area contributed by atoms with Gasteiger partial charge in [0, 0.05) is 5.38 Å². The monoisotopic (exact) mass is 265 g/mol. The number of furan rings is 1. The van der Waals surface area contributed by atoms with Gasteiger partial charge in [0.05, 0.1) is 6.61 Å². The minimum atomic E-state index is -0.334. The van der Waals surface area contributed by atoms with Crippen LogP contribution in [0.5, 0.6) is 0 Å². The van der Waals surface area contributed by atoms with Gasteiger partial charge in [-0.2, -0.15) is 0 Å². The normalized spacial score (nSPS) is 12.4. The van der Waals surface area contributed by atoms with Crippen molar-refractivity contribution in [1.82, 2.24) is 4.98 Å². The molecule has 18 heavy (non-hydrogen) atoms. The number of rotatable bonds is 4. The number of thiazole rings is 1. The molecule has 0 aromatic carbocycles. The number of carbonyl (C=O) groups excluding carboxylic acids is 1. The Bertz CT molecular complexity index is 544. The van der Waals surface area contributed by atoms with Gasteiger partial charge in [-0.05, 0) is 32.9 Å². The van der Waals surface area contributed by atoms with E-state index in [1.165, 1.54) is 11.3 Å². The van der Waals surface area contributed by atoms with Gasteiger partial charge < -0.3 is 9.15 Å². The van der Waals surface area contributed by atoms with Gasteiger partial charge in [-0.25, -0.2) is 4.98 Å². The molecule has 0 aliphatic heterocycles. The number of hydrogen-bond acceptors (Lipinski definition) is 5. The maximum atomic E-state index is 11.6. The Hall–Kier alpha value is -1.62. The lowest BCUT2D eigenvalue weighted by Crippen LogP contribution is -2.12. The summed E-state index contributed by atoms with van der Waals surface area (Å²) in [5.41, 5.74) is 0.763. The number of aryl methyl sites for hydroxylation is 1. The standard InChI is InChI=1S/C13H15NO3S/c1-4-16-13(15)9(3)12-14-10(7-18-12)11-6-5-8(2)17-11/h5-7,9H,4H2,1-3H3. The third-order valence-electron chi connectivity index (χ3n) is 2.53. The summed E-state index contributed by atoms with van der Waals surface area (Å²) in [7, 11) is 0. The molecule has 5 heteroatoms. The zero-order chi connectivity index (χ0) is 13.1. The number of ether oxygens (including phenoxy) is 1. The Balaban J connectivity index is 2.17. The average Bonchev–Trinajstić information content (AvgIpc) is 2.96. The zero-order valence-electron chi connectivity index (χ0n) is 10.6. The van der Waals surface area contributed by atoms with E-state index in [2.05, 4.69) is 4.98 Å². The minimum absolute atomic E-state index is 0.242. The fourth-order valence-corrected chi connectivity index (χ4v) is 2.39. The van der Waals surface area contributed by atoms with Crippen LogP contribution in [-0.2, 0) is 9.53 Å². The van der Waals surface area contributed by atoms with Crippen LogP contribution < -0.4 is 0 Å². The van der Waals surface area contributed by atoms with Gasteiger partial charge in [-0.15, -0.1) is 11.3 Å². The molecule has 0 spiro atoms. The molecule has 0 saturated carbocycles. The Labute approximate surface area is 110 Å². The summed E-state index contributed by atoms with van der Waals surface area (Å²) in [5.74, 6) is 0.998. The second kappa shape index (κ2) is 5.35. The molecule has 0 amide bonds. The molecule has 1 atom stereocenters. The molecule has 4 nitrogen and oxygen atoms in total. The summed E-state index contributed by atoms with van der Waals surface area (Å²) in [5, 5.41) is 2.64. The second-order valence-electron chi connectivity index (χ2n) is 3.96. The van der Waals surface area contributed by atoms with Gasteiger partial charge in [0.2, 0.25) is 0 Å². The molecule has 0 N–H and O–H groups in total. The van der Waals surface area contributed by atoms with E-state index >= 15 is 0 Å². The molecular formula is C13H15NO3S. The Kier molecular flexibility index (Phi) is 3.81. The number of carbonyl (C=O) groups is 1. The highest BCUT2D eigenvalue weighted by Gasteiger charge is 2.20. The van der Waals surface area contributed by atoms with Gasteiger partial charge in [0.25, 0.3) is 0 Å². The van der Waals surface area contributed by atoms with E-state index < -0.39 is 0 Å². The van der Waals surface area contributed by atoms with Gasteiger partial charge in [0.1, 0.15) is 22.4 Å². The molecule has 0 saturated heterocycles. The van der Waals surface area contributed by atoms with Crippen LogP contribution in [0.3, 0.4) is 0 Å². The highest BCUT2D eigenvalue weighted by molar-refractivity contribution is 7.10. The fraction of sp³-hybridized carbons (Fsp3) is 0.385. The number of nitrogens with zero attached hydrogens (tertiary/aromatic N) is 1. The first-order valence-corrected chi connectivity index (χ1v) is 6.68. The quantitative estimate of drug-likeness (QED) is 0.795. The number of esters is 1. The Morgan fingerprint density at radius 1 is 1.56 bits per heavy atom. The largest absolute Gasteiger partial charge is 0.465 e. The van der Waals surface area contributed by atoms with Gasteiger partial charge in [0.15, 0.2) is 5.76 Å². The summed E-state index contributed by atoms with van der Waals surface area (Å²) >= 11 is 1.44. The second-order valence-corrected chi connectivity index (χ2v) is 4.84. The molecule has 0 fully saturated rings. The van der Waals surface area contributed by atoms with E-state index in [9.17, 15) is 4.79 Å². The first kappa shape index (κ1) is 12.8. The van der Waals surface area contributed by atoms with E-state index in [4.69, 9.17) is 9.15 Å². The van der Waals surface area contributed by atoms with Crippen molar-refractivity contribution in [2.75, 3.05) is 6.61 Å². The molecule has 2 rings (SSSR count). The van der Waals surface area contributed by atoms with Crippen LogP contribution in [0.15, 0.2) is 21.9 Å². The van der Waals surface area contributed by atoms with Gasteiger partial charge in [-0.3, -0.25) is 4.79 Å². The third-order valence-corrected chi connectivity index (χ3v) is 3.55. The number of hydrogen-bond donors (Lipinski definition) is 0. The van der Waals surface area contributed by atoms with Crippen molar-refractivity contribution >= 4 is 17.3 Å². The molecule has 2 aromatic heterocycles. The maximum Gasteiger partial charge on any atom is 0.315 e. The molecule has 0 bridgehead atoms. The summed E-state index contributed by atoms with van der Waals surface area (Å²) in [6.07, 6.45) is 0. The lowest BCUT2D eigenvalue weighted by molar-refractivity contribution is -0.144. The van der Waals surface area contributed by atoms with Crippen molar-refractivity contribution in [3.8, 4) is 11.5 Å². The average molecular weight is 265 g/mol. The lowest BCUT2D eigenvalue weighted by Gasteiger charge is -2.06. The van der Waals surface area contributed by atoms with Crippen LogP contribution in [0.2, 0.25) is 0 Å². The zero-order valence-corrected chi connectivity index (χ0v) is 11.4. The van der Waals surface area contributed by atoms with Crippen LogP contribution >= 0.6 is 11.3 Å². The molecule has 1 unspecified atom stereocenters. The smallest absolute Gasteiger partial charge is 0.315 e. The van der Waals surface area contributed by atoms with Crippen molar-refractivity contribution in [3.63, 3.8) is 0 Å². The molecule has 2 heterocycles. The Morgan fingerprint density at radius 2 is 2.33 bits per heavy atom. The van der Waals surface area contributed by atoms with Crippen LogP contribution in [-0.4, -0.2) is 17.6 Å². The Morgan fingerprint density at radius 3 is 2.94 bits per heavy atom. The minimum Gasteiger partial charge on any atom is -0.465 e. The number of aromatic nitrogens is 1. The van der Waals surface area contributed by atoms with E-state index in [1.54, 1.807) is 13.8 Å². The highest BCUT2D eigenvalue weighted by Crippen LogP contribution is 2.28. The van der Waals surface area contributed by atoms with E-state index in [0.29, 0.717) is 6.61 Å². The summed E-state index contributed by atoms with van der Waals surface area (Å²) in [6.45, 7) is 5.87. The molecule has 96 valence electrons. The fourth-order valence-electron chi connectivity index (χ4n) is 1.54. The molecule has 0 aliphatic rings. The summed E-state index contributed by atoms with van der Waals surface area (Å²) in [6, 6.07) is 3.77. The van der Waals surface area contributed by atoms with Crippen molar-refractivity contribution in [1.29, 1.82) is 0 Å². The topological polar surface area (TPSA) is 52.3 Å². The lowest BCUT2D eigenvalue weighted by atomic mass is 10.2. The van der Waals surface area contributed by atoms with Crippen LogP contribution in [0.4, 0.5) is 0 Å². The van der Waals surface area contributed by atoms with Crippen molar-refractivity contribution in [2.45, 2.75) is 26.7 Å². The molecule has 0 aliphatic carbocycles. The SMILES string of the molecule is CCOC(=O)C(C)c1nc(-c2ccc(C)o2)cs1. The van der Waals surface area contributed by atoms with E-state index in [0.717, 1.165) is 22.2 Å². The van der Waals surface area contributed by atoms with Crippen molar-refractivity contribution in [3.05, 3.63) is 28.3 Å². The highest BCUT2D eigenvalue weighted by atomic mass is 32.1. The first-order chi connectivity index (χ1) is 8.61. The third kappa shape index (κ3) is 2.61. The van der Waals surface area contributed by atoms with E-state index in [-0.39, 0.29) is 11.9 Å². The molecule has 0 radical (unpaired) electrons. The summed E-state index contributed by atoms with van der Waals surface area (Å²) < 4.78 is 10.5. The predicted molar refractivity (Wildman–Crippen MR) is 69.6 cm³/mol. The van der Waals surface area contributed by atoms with Crippen LogP contribution in [0, 0.1) is 6.92 Å². The molecular weight excluding hydrogens is 250 g/mol. The predicted octanol–water partition coefficient (Wildman–Crippen LogP) is 3.38. The first-order valence-electron chi connectivity index (χ1n) is 5.80. The molecule has 2 aromatic rings. The van der Waals surface area contributed by atoms with Crippen LogP contribution in [0.25, 0.3) is 11.5 Å².